The van der Waals surface area contributed by atoms with Gasteiger partial charge in [-0.25, -0.2) is 5.43 Å². The largest absolute Gasteiger partial charge is 0.457 e. The molecule has 0 saturated carbocycles. The number of carbonyl (C=O) groups excluding carboxylic acids is 1. The minimum absolute atomic E-state index is 0.197. The van der Waals surface area contributed by atoms with Gasteiger partial charge in [0.1, 0.15) is 11.5 Å². The number of fused-ring (bicyclic) bond motifs is 3. The average Bonchev–Trinajstić information content (AvgIpc) is 3.25. The Hall–Kier alpha value is -4.64. The lowest BCUT2D eigenvalue weighted by Crippen LogP contribution is -2.28. The molecule has 170 valence electrons. The fourth-order valence-electron chi connectivity index (χ4n) is 4.71. The number of nitrogens with one attached hydrogen (secondary N) is 1. The van der Waals surface area contributed by atoms with Gasteiger partial charge in [0, 0.05) is 40.3 Å². The van der Waals surface area contributed by atoms with Crippen LogP contribution in [0.5, 0.6) is 11.5 Å². The maximum Gasteiger partial charge on any atom is 0.252 e. The van der Waals surface area contributed by atoms with Gasteiger partial charge in [0.25, 0.3) is 5.91 Å². The molecule has 1 aromatic heterocycles. The number of carbonyl (C=O) groups is 1. The highest BCUT2D eigenvalue weighted by atomic mass is 16.5. The maximum absolute atomic E-state index is 13.3. The molecule has 0 spiro atoms. The molecular formula is C30H23N3O2. The molecule has 5 nitrogen and oxygen atoms in total. The van der Waals surface area contributed by atoms with Crippen LogP contribution in [0.4, 0.5) is 0 Å². The summed E-state index contributed by atoms with van der Waals surface area (Å²) in [5.74, 6) is 0.698. The molecule has 5 heteroatoms. The molecule has 6 rings (SSSR count). The molecule has 35 heavy (non-hydrogen) atoms. The Kier molecular flexibility index (Phi) is 5.35. The Labute approximate surface area is 203 Å². The second-order valence-electron chi connectivity index (χ2n) is 8.56. The van der Waals surface area contributed by atoms with E-state index in [2.05, 4.69) is 45.6 Å². The van der Waals surface area contributed by atoms with Crippen molar-refractivity contribution in [2.24, 2.45) is 5.10 Å². The van der Waals surface area contributed by atoms with E-state index in [0.29, 0.717) is 11.5 Å². The molecule has 0 saturated heterocycles. The van der Waals surface area contributed by atoms with Gasteiger partial charge in [-0.05, 0) is 23.8 Å². The van der Waals surface area contributed by atoms with Crippen LogP contribution in [0.15, 0.2) is 114 Å². The summed E-state index contributed by atoms with van der Waals surface area (Å²) in [7, 11) is 0. The molecule has 0 bridgehead atoms. The predicted octanol–water partition coefficient (Wildman–Crippen LogP) is 6.08. The number of benzene rings is 4. The van der Waals surface area contributed by atoms with Crippen molar-refractivity contribution in [3.8, 4) is 11.5 Å². The van der Waals surface area contributed by atoms with E-state index in [4.69, 9.17) is 4.74 Å². The summed E-state index contributed by atoms with van der Waals surface area (Å²) >= 11 is 0. The summed E-state index contributed by atoms with van der Waals surface area (Å²) in [6.07, 6.45) is 3.80. The van der Waals surface area contributed by atoms with Gasteiger partial charge in [0.15, 0.2) is 0 Å². The van der Waals surface area contributed by atoms with E-state index in [1.807, 2.05) is 78.9 Å². The van der Waals surface area contributed by atoms with Crippen molar-refractivity contribution in [3.63, 3.8) is 0 Å². The van der Waals surface area contributed by atoms with E-state index in [1.165, 1.54) is 5.56 Å². The Balaban J connectivity index is 1.28. The van der Waals surface area contributed by atoms with E-state index in [0.717, 1.165) is 34.1 Å². The molecule has 1 aliphatic heterocycles. The second-order valence-corrected chi connectivity index (χ2v) is 8.56. The number of rotatable bonds is 5. The summed E-state index contributed by atoms with van der Waals surface area (Å²) in [5, 5.41) is 5.44. The lowest BCUT2D eigenvalue weighted by atomic mass is 9.87. The first-order valence-corrected chi connectivity index (χ1v) is 11.6. The molecule has 0 unspecified atom stereocenters. The third-order valence-corrected chi connectivity index (χ3v) is 6.34. The van der Waals surface area contributed by atoms with Crippen molar-refractivity contribution in [1.29, 1.82) is 0 Å². The Morgan fingerprint density at radius 3 is 2.20 bits per heavy atom. The molecule has 2 heterocycles. The number of hydrogen-bond acceptors (Lipinski definition) is 3. The van der Waals surface area contributed by atoms with Crippen LogP contribution < -0.4 is 10.2 Å². The van der Waals surface area contributed by atoms with Crippen LogP contribution in [0.25, 0.3) is 10.9 Å². The smallest absolute Gasteiger partial charge is 0.252 e. The zero-order valence-corrected chi connectivity index (χ0v) is 19.0. The van der Waals surface area contributed by atoms with Gasteiger partial charge in [-0.15, -0.1) is 0 Å². The number of nitrogens with zero attached hydrogens (tertiary/aromatic N) is 2. The fraction of sp³-hybridized carbons (Fsp3) is 0.0667. The van der Waals surface area contributed by atoms with Crippen molar-refractivity contribution in [1.82, 2.24) is 9.99 Å². The van der Waals surface area contributed by atoms with Gasteiger partial charge < -0.3 is 9.30 Å². The first-order chi connectivity index (χ1) is 17.3. The number of hydrogen-bond donors (Lipinski definition) is 1. The minimum atomic E-state index is -0.493. The molecule has 0 aliphatic carbocycles. The van der Waals surface area contributed by atoms with Crippen LogP contribution in [0, 0.1) is 0 Å². The van der Waals surface area contributed by atoms with Crippen molar-refractivity contribution in [2.75, 3.05) is 0 Å². The summed E-state index contributed by atoms with van der Waals surface area (Å²) in [4.78, 5) is 13.3. The molecule has 1 amide bonds. The number of hydrazone groups is 1. The lowest BCUT2D eigenvalue weighted by molar-refractivity contribution is -0.121. The molecule has 0 radical (unpaired) electrons. The van der Waals surface area contributed by atoms with Crippen LogP contribution in [0.1, 0.15) is 28.2 Å². The number of aromatic nitrogens is 1. The molecular weight excluding hydrogens is 434 g/mol. The Bertz CT molecular complexity index is 1510. The topological polar surface area (TPSA) is 55.6 Å². The molecule has 1 aliphatic rings. The predicted molar refractivity (Wildman–Crippen MR) is 138 cm³/mol. The van der Waals surface area contributed by atoms with E-state index < -0.39 is 5.92 Å². The van der Waals surface area contributed by atoms with Crippen LogP contribution in [0.2, 0.25) is 0 Å². The van der Waals surface area contributed by atoms with Gasteiger partial charge in [-0.1, -0.05) is 84.9 Å². The Morgan fingerprint density at radius 2 is 1.46 bits per heavy atom. The van der Waals surface area contributed by atoms with Crippen molar-refractivity contribution in [2.45, 2.75) is 12.5 Å². The van der Waals surface area contributed by atoms with Gasteiger partial charge in [-0.2, -0.15) is 5.10 Å². The zero-order valence-electron chi connectivity index (χ0n) is 19.0. The Morgan fingerprint density at radius 1 is 0.829 bits per heavy atom. The van der Waals surface area contributed by atoms with E-state index in [9.17, 15) is 4.79 Å². The average molecular weight is 458 g/mol. The second kappa shape index (κ2) is 8.95. The molecule has 5 aromatic rings. The SMILES string of the molecule is O=C(N/N=C\c1cn(Cc2ccccc2)c2ccccc12)C1c2ccccc2Oc2ccccc21. The van der Waals surface area contributed by atoms with Crippen LogP contribution in [0.3, 0.4) is 0 Å². The van der Waals surface area contributed by atoms with Gasteiger partial charge in [0.05, 0.1) is 12.1 Å². The summed E-state index contributed by atoms with van der Waals surface area (Å²) in [6, 6.07) is 33.9. The number of ether oxygens (including phenoxy) is 1. The van der Waals surface area contributed by atoms with Gasteiger partial charge in [-0.3, -0.25) is 4.79 Å². The summed E-state index contributed by atoms with van der Waals surface area (Å²) < 4.78 is 8.22. The highest BCUT2D eigenvalue weighted by molar-refractivity contribution is 6.00. The van der Waals surface area contributed by atoms with E-state index >= 15 is 0 Å². The normalized spacial score (nSPS) is 12.8. The van der Waals surface area contributed by atoms with E-state index in [-0.39, 0.29) is 5.91 Å². The maximum atomic E-state index is 13.3. The molecule has 1 N–H and O–H groups in total. The lowest BCUT2D eigenvalue weighted by Gasteiger charge is -2.26. The summed E-state index contributed by atoms with van der Waals surface area (Å²) in [6.45, 7) is 0.761. The third-order valence-electron chi connectivity index (χ3n) is 6.34. The van der Waals surface area contributed by atoms with Crippen molar-refractivity contribution in [3.05, 3.63) is 132 Å². The van der Waals surface area contributed by atoms with Crippen LogP contribution in [-0.4, -0.2) is 16.7 Å². The number of para-hydroxylation sites is 3. The zero-order chi connectivity index (χ0) is 23.6. The van der Waals surface area contributed by atoms with Crippen LogP contribution in [-0.2, 0) is 11.3 Å². The number of amides is 1. The first kappa shape index (κ1) is 20.9. The standard InChI is InChI=1S/C30H23N3O2/c34-30(29-24-13-5-8-16-27(24)35-28-17-9-6-14-25(28)29)32-31-18-22-20-33(19-21-10-2-1-3-11-21)26-15-7-4-12-23(22)26/h1-18,20,29H,19H2,(H,32,34)/b31-18-. The van der Waals surface area contributed by atoms with Crippen molar-refractivity contribution >= 4 is 23.0 Å². The molecule has 0 fully saturated rings. The van der Waals surface area contributed by atoms with Crippen LogP contribution >= 0.6 is 0 Å². The minimum Gasteiger partial charge on any atom is -0.457 e. The molecule has 0 atom stereocenters. The first-order valence-electron chi connectivity index (χ1n) is 11.6. The van der Waals surface area contributed by atoms with Gasteiger partial charge >= 0.3 is 0 Å². The van der Waals surface area contributed by atoms with Gasteiger partial charge in [0.2, 0.25) is 0 Å². The third kappa shape index (κ3) is 3.97. The molecule has 4 aromatic carbocycles. The summed E-state index contributed by atoms with van der Waals surface area (Å²) in [5.41, 5.74) is 7.73. The highest BCUT2D eigenvalue weighted by Crippen LogP contribution is 2.43. The van der Waals surface area contributed by atoms with E-state index in [1.54, 1.807) is 6.21 Å². The quantitative estimate of drug-likeness (QED) is 0.257. The van der Waals surface area contributed by atoms with Crippen molar-refractivity contribution < 1.29 is 9.53 Å². The monoisotopic (exact) mass is 457 g/mol. The highest BCUT2D eigenvalue weighted by Gasteiger charge is 2.32. The fourth-order valence-corrected chi connectivity index (χ4v) is 4.71.